The number of carbonyl (C=O) groups is 1. The van der Waals surface area contributed by atoms with Gasteiger partial charge in [0.1, 0.15) is 0 Å². The fourth-order valence-electron chi connectivity index (χ4n) is 1.03. The van der Waals surface area contributed by atoms with Crippen LogP contribution in [0.3, 0.4) is 0 Å². The average Bonchev–Trinajstić information content (AvgIpc) is 2.40. The lowest BCUT2D eigenvalue weighted by Gasteiger charge is -1.95. The van der Waals surface area contributed by atoms with Crippen LogP contribution in [0.5, 0.6) is 0 Å². The first-order chi connectivity index (χ1) is 6.59. The number of carboxylic acids is 1. The molecule has 0 aliphatic rings. The summed E-state index contributed by atoms with van der Waals surface area (Å²) >= 11 is 1.73. The number of hydrogen-bond acceptors (Lipinski definition) is 3. The van der Waals surface area contributed by atoms with E-state index in [1.807, 2.05) is 0 Å². The Balaban J connectivity index is 2.42. The van der Waals surface area contributed by atoms with Gasteiger partial charge in [-0.3, -0.25) is 0 Å². The third kappa shape index (κ3) is 3.22. The number of thiophene rings is 1. The van der Waals surface area contributed by atoms with Gasteiger partial charge in [0.05, 0.1) is 0 Å². The number of hydrogen-bond donors (Lipinski definition) is 2. The first-order valence-corrected chi connectivity index (χ1v) is 5.10. The van der Waals surface area contributed by atoms with Gasteiger partial charge in [-0.2, -0.15) is 0 Å². The molecular weight excluding hydrogens is 198 g/mol. The predicted octanol–water partition coefficient (Wildman–Crippen LogP) is 2.05. The summed E-state index contributed by atoms with van der Waals surface area (Å²) in [6.07, 6.45) is 2.54. The molecule has 0 unspecified atom stereocenters. The molecule has 1 rings (SSSR count). The van der Waals surface area contributed by atoms with Crippen LogP contribution in [0, 0.1) is 13.8 Å². The van der Waals surface area contributed by atoms with Crippen LogP contribution < -0.4 is 5.32 Å². The summed E-state index contributed by atoms with van der Waals surface area (Å²) in [5.74, 6) is -0.934. The minimum absolute atomic E-state index is 0.684. The van der Waals surface area contributed by atoms with Gasteiger partial charge >= 0.3 is 5.97 Å². The Morgan fingerprint density at radius 1 is 1.64 bits per heavy atom. The number of aryl methyl sites for hydroxylation is 2. The van der Waals surface area contributed by atoms with E-state index in [1.54, 1.807) is 11.3 Å². The van der Waals surface area contributed by atoms with Crippen molar-refractivity contribution in [3.05, 3.63) is 33.7 Å². The predicted molar refractivity (Wildman–Crippen MR) is 57.4 cm³/mol. The molecule has 0 saturated carbocycles. The Hall–Kier alpha value is -1.29. The molecule has 0 aliphatic carbocycles. The van der Waals surface area contributed by atoms with Crippen molar-refractivity contribution in [3.8, 4) is 0 Å². The number of rotatable bonds is 4. The van der Waals surface area contributed by atoms with Crippen LogP contribution >= 0.6 is 11.3 Å². The van der Waals surface area contributed by atoms with E-state index in [-0.39, 0.29) is 0 Å². The van der Waals surface area contributed by atoms with E-state index < -0.39 is 5.97 Å². The third-order valence-electron chi connectivity index (χ3n) is 1.84. The van der Waals surface area contributed by atoms with Crippen molar-refractivity contribution in [2.45, 2.75) is 20.4 Å². The van der Waals surface area contributed by atoms with Gasteiger partial charge in [0.2, 0.25) is 0 Å². The first kappa shape index (κ1) is 10.8. The largest absolute Gasteiger partial charge is 0.478 e. The first-order valence-electron chi connectivity index (χ1n) is 4.28. The van der Waals surface area contributed by atoms with Gasteiger partial charge in [-0.15, -0.1) is 11.3 Å². The van der Waals surface area contributed by atoms with Crippen LogP contribution in [-0.2, 0) is 11.3 Å². The molecule has 4 heteroatoms. The number of aliphatic carboxylic acids is 1. The second-order valence-corrected chi connectivity index (χ2v) is 4.35. The second-order valence-electron chi connectivity index (χ2n) is 3.00. The molecule has 0 bridgehead atoms. The van der Waals surface area contributed by atoms with Crippen molar-refractivity contribution >= 4 is 17.3 Å². The summed E-state index contributed by atoms with van der Waals surface area (Å²) in [7, 11) is 0. The molecule has 1 aromatic rings. The topological polar surface area (TPSA) is 49.3 Å². The zero-order chi connectivity index (χ0) is 10.6. The van der Waals surface area contributed by atoms with Crippen LogP contribution in [-0.4, -0.2) is 11.1 Å². The molecule has 2 N–H and O–H groups in total. The second kappa shape index (κ2) is 4.81. The highest BCUT2D eigenvalue weighted by atomic mass is 32.1. The van der Waals surface area contributed by atoms with Crippen molar-refractivity contribution in [2.75, 3.05) is 0 Å². The maximum absolute atomic E-state index is 10.1. The average molecular weight is 211 g/mol. The highest BCUT2D eigenvalue weighted by molar-refractivity contribution is 7.12. The monoisotopic (exact) mass is 211 g/mol. The standard InChI is InChI=1S/C10H13NO2S/c1-7-5-9(14-8(7)2)6-11-4-3-10(12)13/h3-5,11H,6H2,1-2H3,(H,12,13)/b4-3+. The summed E-state index contributed by atoms with van der Waals surface area (Å²) in [5, 5.41) is 11.3. The van der Waals surface area contributed by atoms with Crippen molar-refractivity contribution in [1.29, 1.82) is 0 Å². The van der Waals surface area contributed by atoms with Gasteiger partial charge in [0, 0.05) is 28.6 Å². The molecule has 0 aromatic carbocycles. The smallest absolute Gasteiger partial charge is 0.329 e. The Labute approximate surface area is 87.1 Å². The maximum atomic E-state index is 10.1. The molecule has 0 saturated heterocycles. The quantitative estimate of drug-likeness (QED) is 0.749. The van der Waals surface area contributed by atoms with Gasteiger partial charge in [-0.25, -0.2) is 4.79 Å². The number of carboxylic acid groups (broad SMARTS) is 1. The van der Waals surface area contributed by atoms with Crippen LogP contribution in [0.25, 0.3) is 0 Å². The molecule has 0 atom stereocenters. The minimum atomic E-state index is -0.934. The van der Waals surface area contributed by atoms with E-state index in [0.29, 0.717) is 6.54 Å². The molecule has 0 radical (unpaired) electrons. The lowest BCUT2D eigenvalue weighted by Crippen LogP contribution is -2.03. The van der Waals surface area contributed by atoms with Crippen molar-refractivity contribution in [3.63, 3.8) is 0 Å². The fraction of sp³-hybridized carbons (Fsp3) is 0.300. The maximum Gasteiger partial charge on any atom is 0.329 e. The van der Waals surface area contributed by atoms with Crippen LogP contribution in [0.2, 0.25) is 0 Å². The Morgan fingerprint density at radius 2 is 2.36 bits per heavy atom. The molecule has 76 valence electrons. The van der Waals surface area contributed by atoms with Crippen molar-refractivity contribution < 1.29 is 9.90 Å². The van der Waals surface area contributed by atoms with E-state index in [2.05, 4.69) is 25.2 Å². The Kier molecular flexibility index (Phi) is 3.71. The molecule has 3 nitrogen and oxygen atoms in total. The molecule has 0 aliphatic heterocycles. The molecule has 1 aromatic heterocycles. The van der Waals surface area contributed by atoms with Gasteiger partial charge in [0.15, 0.2) is 0 Å². The lowest BCUT2D eigenvalue weighted by molar-refractivity contribution is -0.131. The Bertz CT molecular complexity index is 336. The molecule has 14 heavy (non-hydrogen) atoms. The molecule has 0 amide bonds. The molecule has 0 fully saturated rings. The van der Waals surface area contributed by atoms with Crippen molar-refractivity contribution in [2.24, 2.45) is 0 Å². The fourth-order valence-corrected chi connectivity index (χ4v) is 2.03. The van der Waals surface area contributed by atoms with Gasteiger partial charge in [-0.05, 0) is 25.5 Å². The molecule has 1 heterocycles. The highest BCUT2D eigenvalue weighted by Gasteiger charge is 1.99. The number of nitrogens with one attached hydrogen (secondary N) is 1. The minimum Gasteiger partial charge on any atom is -0.478 e. The molecule has 0 spiro atoms. The van der Waals surface area contributed by atoms with Crippen molar-refractivity contribution in [1.82, 2.24) is 5.32 Å². The van der Waals surface area contributed by atoms with E-state index >= 15 is 0 Å². The summed E-state index contributed by atoms with van der Waals surface area (Å²) < 4.78 is 0. The van der Waals surface area contributed by atoms with Crippen LogP contribution in [0.1, 0.15) is 15.3 Å². The van der Waals surface area contributed by atoms with E-state index in [0.717, 1.165) is 6.08 Å². The highest BCUT2D eigenvalue weighted by Crippen LogP contribution is 2.19. The van der Waals surface area contributed by atoms with E-state index in [1.165, 1.54) is 21.5 Å². The zero-order valence-corrected chi connectivity index (χ0v) is 9.02. The summed E-state index contributed by atoms with van der Waals surface area (Å²) in [4.78, 5) is 12.7. The van der Waals surface area contributed by atoms with Crippen LogP contribution in [0.15, 0.2) is 18.3 Å². The van der Waals surface area contributed by atoms with Gasteiger partial charge < -0.3 is 10.4 Å². The summed E-state index contributed by atoms with van der Waals surface area (Å²) in [6.45, 7) is 4.84. The SMILES string of the molecule is Cc1cc(CN/C=C/C(=O)O)sc1C. The van der Waals surface area contributed by atoms with E-state index in [4.69, 9.17) is 5.11 Å². The molecular formula is C10H13NO2S. The van der Waals surface area contributed by atoms with Gasteiger partial charge in [-0.1, -0.05) is 0 Å². The van der Waals surface area contributed by atoms with E-state index in [9.17, 15) is 4.79 Å². The summed E-state index contributed by atoms with van der Waals surface area (Å²) in [6, 6.07) is 2.11. The van der Waals surface area contributed by atoms with Crippen LogP contribution in [0.4, 0.5) is 0 Å². The normalized spacial score (nSPS) is 10.7. The summed E-state index contributed by atoms with van der Waals surface area (Å²) in [5.41, 5.74) is 1.29. The lowest BCUT2D eigenvalue weighted by atomic mass is 10.3. The Morgan fingerprint density at radius 3 is 2.86 bits per heavy atom. The van der Waals surface area contributed by atoms with Gasteiger partial charge in [0.25, 0.3) is 0 Å². The third-order valence-corrected chi connectivity index (χ3v) is 2.99. The zero-order valence-electron chi connectivity index (χ0n) is 8.20.